The Bertz CT molecular complexity index is 512. The third-order valence-electron chi connectivity index (χ3n) is 2.55. The predicted molar refractivity (Wildman–Crippen MR) is 66.3 cm³/mol. The van der Waals surface area contributed by atoms with Gasteiger partial charge in [0.1, 0.15) is 24.3 Å². The summed E-state index contributed by atoms with van der Waals surface area (Å²) in [6.45, 7) is 4.82. The lowest BCUT2D eigenvalue weighted by molar-refractivity contribution is 0.397. The van der Waals surface area contributed by atoms with E-state index in [0.29, 0.717) is 11.7 Å². The Labute approximate surface area is 105 Å². The highest BCUT2D eigenvalue weighted by atomic mass is 16.5. The molecule has 7 nitrogen and oxygen atoms in total. The molecule has 1 N–H and O–H groups in total. The molecular formula is C11H16N6O. The molecule has 0 bridgehead atoms. The highest BCUT2D eigenvalue weighted by Gasteiger charge is 2.12. The number of anilines is 1. The molecule has 0 aliphatic carbocycles. The molecule has 0 saturated carbocycles. The van der Waals surface area contributed by atoms with E-state index in [-0.39, 0.29) is 6.04 Å². The molecule has 0 fully saturated rings. The summed E-state index contributed by atoms with van der Waals surface area (Å²) >= 11 is 0. The van der Waals surface area contributed by atoms with Crippen molar-refractivity contribution in [3.63, 3.8) is 0 Å². The van der Waals surface area contributed by atoms with E-state index in [0.717, 1.165) is 12.4 Å². The van der Waals surface area contributed by atoms with Crippen LogP contribution in [0.4, 0.5) is 5.82 Å². The zero-order valence-electron chi connectivity index (χ0n) is 10.7. The smallest absolute Gasteiger partial charge is 0.218 e. The van der Waals surface area contributed by atoms with Crippen LogP contribution in [-0.2, 0) is 6.54 Å². The van der Waals surface area contributed by atoms with E-state index >= 15 is 0 Å². The number of hydrogen-bond acceptors (Lipinski definition) is 6. The van der Waals surface area contributed by atoms with Gasteiger partial charge in [-0.3, -0.25) is 0 Å². The average Bonchev–Trinajstić information content (AvgIpc) is 2.87. The van der Waals surface area contributed by atoms with E-state index in [4.69, 9.17) is 4.74 Å². The van der Waals surface area contributed by atoms with E-state index in [1.807, 2.05) is 18.5 Å². The third-order valence-corrected chi connectivity index (χ3v) is 2.55. The van der Waals surface area contributed by atoms with Crippen LogP contribution in [0.15, 0.2) is 18.7 Å². The Balaban J connectivity index is 2.13. The van der Waals surface area contributed by atoms with Crippen LogP contribution in [-0.4, -0.2) is 31.8 Å². The van der Waals surface area contributed by atoms with Gasteiger partial charge >= 0.3 is 0 Å². The molecule has 0 aromatic carbocycles. The lowest BCUT2D eigenvalue weighted by Gasteiger charge is -2.14. The van der Waals surface area contributed by atoms with E-state index in [9.17, 15) is 0 Å². The van der Waals surface area contributed by atoms with Gasteiger partial charge in [0.05, 0.1) is 13.2 Å². The number of hydrogen-bond donors (Lipinski definition) is 1. The standard InChI is InChI=1S/C11H16N6O/c1-4-17-11(14-7-15-17)8(2)16-9-5-10(18-3)13-6-12-9/h5-8H,4H2,1-3H3,(H,12,13,16). The fourth-order valence-electron chi connectivity index (χ4n) is 1.67. The largest absolute Gasteiger partial charge is 0.481 e. The van der Waals surface area contributed by atoms with Crippen molar-refractivity contribution < 1.29 is 4.74 Å². The second-order valence-electron chi connectivity index (χ2n) is 3.75. The lowest BCUT2D eigenvalue weighted by Crippen LogP contribution is -2.15. The normalized spacial score (nSPS) is 12.2. The minimum absolute atomic E-state index is 0.00653. The molecule has 96 valence electrons. The van der Waals surface area contributed by atoms with Crippen molar-refractivity contribution in [2.24, 2.45) is 0 Å². The van der Waals surface area contributed by atoms with Crippen LogP contribution in [0.2, 0.25) is 0 Å². The van der Waals surface area contributed by atoms with E-state index in [1.54, 1.807) is 19.5 Å². The molecule has 2 heterocycles. The Morgan fingerprint density at radius 1 is 1.33 bits per heavy atom. The van der Waals surface area contributed by atoms with Gasteiger partial charge in [0, 0.05) is 12.6 Å². The topological polar surface area (TPSA) is 77.8 Å². The van der Waals surface area contributed by atoms with Crippen LogP contribution in [0.25, 0.3) is 0 Å². The summed E-state index contributed by atoms with van der Waals surface area (Å²) < 4.78 is 6.89. The Kier molecular flexibility index (Phi) is 3.71. The van der Waals surface area contributed by atoms with Gasteiger partial charge < -0.3 is 10.1 Å². The summed E-state index contributed by atoms with van der Waals surface area (Å²) in [5.74, 6) is 2.09. The fourth-order valence-corrected chi connectivity index (χ4v) is 1.67. The zero-order chi connectivity index (χ0) is 13.0. The van der Waals surface area contributed by atoms with Crippen molar-refractivity contribution in [2.75, 3.05) is 12.4 Å². The van der Waals surface area contributed by atoms with E-state index < -0.39 is 0 Å². The zero-order valence-corrected chi connectivity index (χ0v) is 10.7. The average molecular weight is 248 g/mol. The molecule has 2 aromatic rings. The minimum atomic E-state index is 0.00653. The van der Waals surface area contributed by atoms with Crippen molar-refractivity contribution in [2.45, 2.75) is 26.4 Å². The Morgan fingerprint density at radius 2 is 2.17 bits per heavy atom. The van der Waals surface area contributed by atoms with Gasteiger partial charge in [-0.1, -0.05) is 0 Å². The van der Waals surface area contributed by atoms with E-state index in [2.05, 4.69) is 25.4 Å². The van der Waals surface area contributed by atoms with Gasteiger partial charge in [0.25, 0.3) is 0 Å². The molecule has 0 spiro atoms. The second-order valence-corrected chi connectivity index (χ2v) is 3.75. The maximum absolute atomic E-state index is 5.05. The molecule has 0 saturated heterocycles. The summed E-state index contributed by atoms with van der Waals surface area (Å²) in [5.41, 5.74) is 0. The molecule has 0 aliphatic heterocycles. The number of nitrogens with one attached hydrogen (secondary N) is 1. The first kappa shape index (κ1) is 12.3. The molecule has 1 unspecified atom stereocenters. The number of ether oxygens (including phenoxy) is 1. The summed E-state index contributed by atoms with van der Waals surface area (Å²) in [6.07, 6.45) is 3.01. The number of aryl methyl sites for hydroxylation is 1. The second kappa shape index (κ2) is 5.44. The van der Waals surface area contributed by atoms with Crippen LogP contribution < -0.4 is 10.1 Å². The Morgan fingerprint density at radius 3 is 2.89 bits per heavy atom. The van der Waals surface area contributed by atoms with E-state index in [1.165, 1.54) is 6.33 Å². The van der Waals surface area contributed by atoms with Crippen molar-refractivity contribution in [3.05, 3.63) is 24.5 Å². The van der Waals surface area contributed by atoms with Crippen LogP contribution in [0.3, 0.4) is 0 Å². The lowest BCUT2D eigenvalue weighted by atomic mass is 10.3. The number of rotatable bonds is 5. The molecule has 0 radical (unpaired) electrons. The van der Waals surface area contributed by atoms with Crippen LogP contribution in [0.5, 0.6) is 5.88 Å². The van der Waals surface area contributed by atoms with Gasteiger partial charge in [-0.25, -0.2) is 19.6 Å². The van der Waals surface area contributed by atoms with Crippen molar-refractivity contribution in [1.29, 1.82) is 0 Å². The molecule has 7 heteroatoms. The maximum Gasteiger partial charge on any atom is 0.218 e. The monoisotopic (exact) mass is 248 g/mol. The first-order chi connectivity index (χ1) is 8.74. The number of methoxy groups -OCH3 is 1. The van der Waals surface area contributed by atoms with Gasteiger partial charge in [0.2, 0.25) is 5.88 Å². The maximum atomic E-state index is 5.05. The molecular weight excluding hydrogens is 232 g/mol. The van der Waals surface area contributed by atoms with Crippen molar-refractivity contribution >= 4 is 5.82 Å². The number of nitrogens with zero attached hydrogens (tertiary/aromatic N) is 5. The first-order valence-corrected chi connectivity index (χ1v) is 5.74. The molecule has 0 amide bonds. The Hall–Kier alpha value is -2.18. The fraction of sp³-hybridized carbons (Fsp3) is 0.455. The SMILES string of the molecule is CCn1ncnc1C(C)Nc1cc(OC)ncn1. The summed E-state index contributed by atoms with van der Waals surface area (Å²) in [5, 5.41) is 7.38. The van der Waals surface area contributed by atoms with Crippen molar-refractivity contribution in [1.82, 2.24) is 24.7 Å². The summed E-state index contributed by atoms with van der Waals surface area (Å²) in [4.78, 5) is 12.3. The van der Waals surface area contributed by atoms with Crippen LogP contribution >= 0.6 is 0 Å². The van der Waals surface area contributed by atoms with Gasteiger partial charge in [-0.05, 0) is 13.8 Å². The van der Waals surface area contributed by atoms with Gasteiger partial charge in [0.15, 0.2) is 0 Å². The third kappa shape index (κ3) is 2.55. The van der Waals surface area contributed by atoms with Gasteiger partial charge in [-0.2, -0.15) is 5.10 Å². The van der Waals surface area contributed by atoms with Crippen LogP contribution in [0.1, 0.15) is 25.7 Å². The molecule has 2 aromatic heterocycles. The number of aromatic nitrogens is 5. The van der Waals surface area contributed by atoms with Crippen LogP contribution in [0, 0.1) is 0 Å². The summed E-state index contributed by atoms with van der Waals surface area (Å²) in [6, 6.07) is 1.75. The highest BCUT2D eigenvalue weighted by Crippen LogP contribution is 2.17. The van der Waals surface area contributed by atoms with Crippen molar-refractivity contribution in [3.8, 4) is 5.88 Å². The summed E-state index contributed by atoms with van der Waals surface area (Å²) in [7, 11) is 1.57. The molecule has 18 heavy (non-hydrogen) atoms. The molecule has 1 atom stereocenters. The predicted octanol–water partition coefficient (Wildman–Crippen LogP) is 1.27. The highest BCUT2D eigenvalue weighted by molar-refractivity contribution is 5.38. The molecule has 0 aliphatic rings. The molecule has 2 rings (SSSR count). The first-order valence-electron chi connectivity index (χ1n) is 5.74. The quantitative estimate of drug-likeness (QED) is 0.858. The minimum Gasteiger partial charge on any atom is -0.481 e. The van der Waals surface area contributed by atoms with Gasteiger partial charge in [-0.15, -0.1) is 0 Å².